The Kier molecular flexibility index (Phi) is 2.53. The van der Waals surface area contributed by atoms with E-state index in [2.05, 4.69) is 4.99 Å². The van der Waals surface area contributed by atoms with Crippen molar-refractivity contribution in [3.05, 3.63) is 53.6 Å². The lowest BCUT2D eigenvalue weighted by Gasteiger charge is -2.01. The van der Waals surface area contributed by atoms with Gasteiger partial charge in [0.1, 0.15) is 5.76 Å². The summed E-state index contributed by atoms with van der Waals surface area (Å²) in [6.45, 7) is 0.189. The van der Waals surface area contributed by atoms with Crippen LogP contribution in [0.25, 0.3) is 6.08 Å². The fraction of sp³-hybridized carbons (Fsp3) is 0.0667. The van der Waals surface area contributed by atoms with Crippen molar-refractivity contribution >= 4 is 17.9 Å². The number of aliphatic imine (C=N–C) groups is 1. The Morgan fingerprint density at radius 3 is 2.90 bits per heavy atom. The Bertz CT molecular complexity index is 773. The van der Waals surface area contributed by atoms with Gasteiger partial charge < -0.3 is 18.6 Å². The quantitative estimate of drug-likeness (QED) is 0.625. The molecule has 2 aromatic rings. The van der Waals surface area contributed by atoms with Crippen LogP contribution in [-0.2, 0) is 9.53 Å². The first kappa shape index (κ1) is 11.8. The van der Waals surface area contributed by atoms with Gasteiger partial charge >= 0.3 is 5.97 Å². The molecule has 6 nitrogen and oxygen atoms in total. The van der Waals surface area contributed by atoms with Gasteiger partial charge in [-0.25, -0.2) is 9.79 Å². The molecule has 104 valence electrons. The second kappa shape index (κ2) is 4.52. The van der Waals surface area contributed by atoms with E-state index in [1.807, 2.05) is 0 Å². The Balaban J connectivity index is 1.68. The molecule has 0 aliphatic carbocycles. The number of nitrogens with zero attached hydrogens (tertiary/aromatic N) is 1. The SMILES string of the molecule is O=C1OC(c2ccc3c(c2)OCO3)=N/C1=C\c1ccco1. The molecule has 0 radical (unpaired) electrons. The summed E-state index contributed by atoms with van der Waals surface area (Å²) in [5.41, 5.74) is 0.841. The van der Waals surface area contributed by atoms with E-state index in [9.17, 15) is 4.79 Å². The lowest BCUT2D eigenvalue weighted by molar-refractivity contribution is -0.129. The van der Waals surface area contributed by atoms with E-state index in [1.54, 1.807) is 30.3 Å². The van der Waals surface area contributed by atoms with Crippen molar-refractivity contribution in [2.24, 2.45) is 4.99 Å². The summed E-state index contributed by atoms with van der Waals surface area (Å²) in [6, 6.07) is 8.70. The molecule has 3 heterocycles. The number of furan rings is 1. The Morgan fingerprint density at radius 1 is 1.14 bits per heavy atom. The van der Waals surface area contributed by atoms with E-state index in [0.717, 1.165) is 0 Å². The molecule has 0 N–H and O–H groups in total. The van der Waals surface area contributed by atoms with E-state index in [-0.39, 0.29) is 18.4 Å². The van der Waals surface area contributed by atoms with Gasteiger partial charge in [-0.2, -0.15) is 0 Å². The summed E-state index contributed by atoms with van der Waals surface area (Å²) in [6.07, 6.45) is 3.05. The number of hydrogen-bond donors (Lipinski definition) is 0. The number of esters is 1. The summed E-state index contributed by atoms with van der Waals surface area (Å²) in [5, 5.41) is 0. The molecule has 1 aromatic heterocycles. The number of carbonyl (C=O) groups is 1. The third-order valence-electron chi connectivity index (χ3n) is 3.06. The molecule has 0 unspecified atom stereocenters. The maximum absolute atomic E-state index is 11.8. The van der Waals surface area contributed by atoms with Gasteiger partial charge in [0.25, 0.3) is 0 Å². The highest BCUT2D eigenvalue weighted by Crippen LogP contribution is 2.33. The highest BCUT2D eigenvalue weighted by Gasteiger charge is 2.26. The summed E-state index contributed by atoms with van der Waals surface area (Å²) >= 11 is 0. The van der Waals surface area contributed by atoms with Crippen molar-refractivity contribution in [2.75, 3.05) is 6.79 Å². The Labute approximate surface area is 119 Å². The predicted molar refractivity (Wildman–Crippen MR) is 71.9 cm³/mol. The molecule has 0 atom stereocenters. The topological polar surface area (TPSA) is 70.3 Å². The van der Waals surface area contributed by atoms with Crippen LogP contribution in [0.3, 0.4) is 0 Å². The van der Waals surface area contributed by atoms with Gasteiger partial charge in [0.2, 0.25) is 12.7 Å². The number of carbonyl (C=O) groups excluding carboxylic acids is 1. The van der Waals surface area contributed by atoms with Gasteiger partial charge in [-0.15, -0.1) is 0 Å². The van der Waals surface area contributed by atoms with Crippen LogP contribution in [0.1, 0.15) is 11.3 Å². The zero-order valence-corrected chi connectivity index (χ0v) is 10.7. The minimum Gasteiger partial charge on any atom is -0.465 e. The second-order valence-corrected chi connectivity index (χ2v) is 4.42. The highest BCUT2D eigenvalue weighted by atomic mass is 16.7. The third-order valence-corrected chi connectivity index (χ3v) is 3.06. The average Bonchev–Trinajstić information content (AvgIpc) is 3.20. The van der Waals surface area contributed by atoms with E-state index < -0.39 is 5.97 Å². The second-order valence-electron chi connectivity index (χ2n) is 4.42. The minimum atomic E-state index is -0.515. The van der Waals surface area contributed by atoms with Gasteiger partial charge in [-0.05, 0) is 30.3 Å². The molecule has 0 saturated heterocycles. The highest BCUT2D eigenvalue weighted by molar-refractivity contribution is 6.12. The van der Waals surface area contributed by atoms with E-state index >= 15 is 0 Å². The summed E-state index contributed by atoms with van der Waals surface area (Å²) in [5.74, 6) is 1.53. The number of cyclic esters (lactones) is 1. The van der Waals surface area contributed by atoms with Crippen molar-refractivity contribution in [2.45, 2.75) is 0 Å². The van der Waals surface area contributed by atoms with E-state index in [1.165, 1.54) is 12.3 Å². The predicted octanol–water partition coefficient (Wildman–Crippen LogP) is 2.35. The third kappa shape index (κ3) is 2.06. The molecule has 0 fully saturated rings. The molecule has 2 aliphatic rings. The minimum absolute atomic E-state index is 0.189. The summed E-state index contributed by atoms with van der Waals surface area (Å²) in [4.78, 5) is 16.0. The fourth-order valence-corrected chi connectivity index (χ4v) is 2.07. The van der Waals surface area contributed by atoms with Crippen molar-refractivity contribution in [1.29, 1.82) is 0 Å². The zero-order valence-electron chi connectivity index (χ0n) is 10.7. The molecule has 0 spiro atoms. The van der Waals surface area contributed by atoms with Crippen molar-refractivity contribution in [1.82, 2.24) is 0 Å². The van der Waals surface area contributed by atoms with Crippen molar-refractivity contribution < 1.29 is 23.4 Å². The van der Waals surface area contributed by atoms with Crippen LogP contribution in [-0.4, -0.2) is 18.7 Å². The molecule has 1 aromatic carbocycles. The standard InChI is InChI=1S/C15H9NO5/c17-15-11(7-10-2-1-5-18-10)16-14(21-15)9-3-4-12-13(6-9)20-8-19-12/h1-7H,8H2/b11-7-. The number of fused-ring (bicyclic) bond motifs is 1. The first-order valence-electron chi connectivity index (χ1n) is 6.26. The van der Waals surface area contributed by atoms with Crippen LogP contribution in [0.15, 0.2) is 51.7 Å². The van der Waals surface area contributed by atoms with Gasteiger partial charge in [0, 0.05) is 11.6 Å². The number of hydrogen-bond acceptors (Lipinski definition) is 6. The molecule has 0 saturated carbocycles. The Hall–Kier alpha value is -3.02. The molecule has 21 heavy (non-hydrogen) atoms. The fourth-order valence-electron chi connectivity index (χ4n) is 2.07. The van der Waals surface area contributed by atoms with Gasteiger partial charge in [0.05, 0.1) is 6.26 Å². The molecule has 2 aliphatic heterocycles. The molecule has 0 amide bonds. The summed E-state index contributed by atoms with van der Waals surface area (Å²) < 4.78 is 20.9. The van der Waals surface area contributed by atoms with E-state index in [4.69, 9.17) is 18.6 Å². The lowest BCUT2D eigenvalue weighted by Crippen LogP contribution is -2.05. The maximum atomic E-state index is 11.8. The van der Waals surface area contributed by atoms with Crippen LogP contribution in [0, 0.1) is 0 Å². The van der Waals surface area contributed by atoms with Gasteiger partial charge in [0.15, 0.2) is 17.2 Å². The first-order chi connectivity index (χ1) is 10.3. The van der Waals surface area contributed by atoms with Crippen LogP contribution in [0.4, 0.5) is 0 Å². The van der Waals surface area contributed by atoms with Gasteiger partial charge in [-0.1, -0.05) is 0 Å². The number of ether oxygens (including phenoxy) is 3. The first-order valence-corrected chi connectivity index (χ1v) is 6.26. The number of rotatable bonds is 2. The van der Waals surface area contributed by atoms with Crippen molar-refractivity contribution in [3.63, 3.8) is 0 Å². The van der Waals surface area contributed by atoms with Crippen LogP contribution >= 0.6 is 0 Å². The van der Waals surface area contributed by atoms with Crippen molar-refractivity contribution in [3.8, 4) is 11.5 Å². The van der Waals surface area contributed by atoms with Gasteiger partial charge in [-0.3, -0.25) is 0 Å². The molecular weight excluding hydrogens is 274 g/mol. The largest absolute Gasteiger partial charge is 0.465 e. The zero-order chi connectivity index (χ0) is 14.2. The van der Waals surface area contributed by atoms with Crippen LogP contribution in [0.2, 0.25) is 0 Å². The number of benzene rings is 1. The molecular formula is C15H9NO5. The Morgan fingerprint density at radius 2 is 2.05 bits per heavy atom. The molecule has 4 rings (SSSR count). The molecule has 0 bridgehead atoms. The average molecular weight is 283 g/mol. The normalized spacial score (nSPS) is 18.0. The smallest absolute Gasteiger partial charge is 0.363 e. The monoisotopic (exact) mass is 283 g/mol. The molecule has 6 heteroatoms. The maximum Gasteiger partial charge on any atom is 0.363 e. The van der Waals surface area contributed by atoms with Crippen LogP contribution in [0.5, 0.6) is 11.5 Å². The lowest BCUT2D eigenvalue weighted by atomic mass is 10.2. The summed E-state index contributed by atoms with van der Waals surface area (Å²) in [7, 11) is 0. The van der Waals surface area contributed by atoms with Crippen LogP contribution < -0.4 is 9.47 Å². The van der Waals surface area contributed by atoms with E-state index in [0.29, 0.717) is 22.8 Å².